The molecule has 0 unspecified atom stereocenters. The minimum atomic E-state index is 0.361. The summed E-state index contributed by atoms with van der Waals surface area (Å²) in [5.74, 6) is 0. The number of rotatable bonds is 5. The third-order valence-corrected chi connectivity index (χ3v) is 7.82. The predicted octanol–water partition coefficient (Wildman–Crippen LogP) is 5.81. The van der Waals surface area contributed by atoms with Crippen LogP contribution in [0.25, 0.3) is 10.9 Å². The summed E-state index contributed by atoms with van der Waals surface area (Å²) < 4.78 is 0. The van der Waals surface area contributed by atoms with Gasteiger partial charge in [-0.2, -0.15) is 0 Å². The number of halogens is 1. The van der Waals surface area contributed by atoms with E-state index in [9.17, 15) is 0 Å². The van der Waals surface area contributed by atoms with Gasteiger partial charge in [-0.1, -0.05) is 60.1 Å². The largest absolute Gasteiger partial charge is 0.383 e. The topological polar surface area (TPSA) is 31.4 Å². The molecule has 0 saturated carbocycles. The van der Waals surface area contributed by atoms with Crippen LogP contribution >= 0.6 is 11.6 Å². The molecule has 0 amide bonds. The van der Waals surface area contributed by atoms with Gasteiger partial charge in [-0.15, -0.1) is 0 Å². The molecule has 1 aromatic heterocycles. The molecule has 1 aliphatic carbocycles. The van der Waals surface area contributed by atoms with Gasteiger partial charge in [0.25, 0.3) is 0 Å². The maximum absolute atomic E-state index is 6.14. The van der Waals surface area contributed by atoms with Crippen LogP contribution in [0.5, 0.6) is 0 Å². The van der Waals surface area contributed by atoms with Crippen molar-refractivity contribution in [2.75, 3.05) is 44.6 Å². The van der Waals surface area contributed by atoms with Crippen LogP contribution in [-0.2, 0) is 12.8 Å². The number of aromatic nitrogens is 1. The number of benzene rings is 3. The number of nitrogens with one attached hydrogen (secondary N) is 1. The number of hydrogen-bond acceptors (Lipinski definition) is 4. The van der Waals surface area contributed by atoms with Gasteiger partial charge in [0.05, 0.1) is 11.6 Å². The minimum Gasteiger partial charge on any atom is -0.383 e. The molecule has 0 bridgehead atoms. The molecular weight excluding hydrogens is 452 g/mol. The molecular formula is C30H31ClN4. The Morgan fingerprint density at radius 3 is 2.23 bits per heavy atom. The monoisotopic (exact) mass is 482 g/mol. The Bertz CT molecular complexity index is 1280. The number of aryl methyl sites for hydroxylation is 2. The van der Waals surface area contributed by atoms with Gasteiger partial charge in [0, 0.05) is 61.6 Å². The first kappa shape index (κ1) is 22.5. The van der Waals surface area contributed by atoms with E-state index < -0.39 is 0 Å². The first-order valence-corrected chi connectivity index (χ1v) is 13.0. The summed E-state index contributed by atoms with van der Waals surface area (Å²) in [6, 6.07) is 26.5. The zero-order chi connectivity index (χ0) is 23.6. The Morgan fingerprint density at radius 2 is 1.51 bits per heavy atom. The van der Waals surface area contributed by atoms with Crippen molar-refractivity contribution in [1.29, 1.82) is 0 Å². The number of anilines is 1. The van der Waals surface area contributed by atoms with E-state index in [1.807, 2.05) is 24.4 Å². The maximum atomic E-state index is 6.14. The van der Waals surface area contributed by atoms with E-state index in [-0.39, 0.29) is 0 Å². The van der Waals surface area contributed by atoms with Gasteiger partial charge in [0.1, 0.15) is 0 Å². The fraction of sp³-hybridized carbons (Fsp3) is 0.300. The Morgan fingerprint density at radius 1 is 0.829 bits per heavy atom. The highest BCUT2D eigenvalue weighted by Crippen LogP contribution is 2.37. The molecule has 4 aromatic rings. The van der Waals surface area contributed by atoms with Crippen molar-refractivity contribution in [1.82, 2.24) is 14.8 Å². The lowest BCUT2D eigenvalue weighted by atomic mass is 9.93. The van der Waals surface area contributed by atoms with Gasteiger partial charge in [0.15, 0.2) is 0 Å². The maximum Gasteiger partial charge on any atom is 0.0737 e. The van der Waals surface area contributed by atoms with Crippen LogP contribution in [0.2, 0.25) is 5.02 Å². The first-order valence-electron chi connectivity index (χ1n) is 12.7. The molecule has 35 heavy (non-hydrogen) atoms. The second-order valence-corrected chi connectivity index (χ2v) is 10.1. The number of pyridine rings is 1. The van der Waals surface area contributed by atoms with E-state index in [4.69, 9.17) is 11.6 Å². The normalized spacial score (nSPS) is 17.1. The highest BCUT2D eigenvalue weighted by Gasteiger charge is 2.30. The van der Waals surface area contributed by atoms with Crippen molar-refractivity contribution < 1.29 is 0 Å². The fourth-order valence-corrected chi connectivity index (χ4v) is 5.92. The van der Waals surface area contributed by atoms with Gasteiger partial charge in [-0.3, -0.25) is 14.8 Å². The predicted molar refractivity (Wildman–Crippen MR) is 145 cm³/mol. The molecule has 0 radical (unpaired) electrons. The zero-order valence-corrected chi connectivity index (χ0v) is 20.7. The highest BCUT2D eigenvalue weighted by atomic mass is 35.5. The van der Waals surface area contributed by atoms with E-state index in [0.717, 1.165) is 73.7 Å². The van der Waals surface area contributed by atoms with E-state index in [0.29, 0.717) is 6.04 Å². The molecule has 1 saturated heterocycles. The molecule has 3 aromatic carbocycles. The van der Waals surface area contributed by atoms with Crippen LogP contribution in [-0.4, -0.2) is 54.1 Å². The van der Waals surface area contributed by atoms with E-state index in [1.165, 1.54) is 22.3 Å². The van der Waals surface area contributed by atoms with Crippen LogP contribution in [0.4, 0.5) is 5.69 Å². The quantitative estimate of drug-likeness (QED) is 0.389. The lowest BCUT2D eigenvalue weighted by Crippen LogP contribution is -2.49. The third-order valence-electron chi connectivity index (χ3n) is 7.58. The molecule has 0 atom stereocenters. The molecule has 1 fully saturated rings. The van der Waals surface area contributed by atoms with Crippen molar-refractivity contribution in [2.24, 2.45) is 0 Å². The molecule has 1 N–H and O–H groups in total. The SMILES string of the molecule is Clc1ccc2c(NCCN3CCN(C4c5ccccc5CCc5ccccc54)CC3)ccnc2c1. The summed E-state index contributed by atoms with van der Waals surface area (Å²) in [5, 5.41) is 5.46. The van der Waals surface area contributed by atoms with Crippen LogP contribution in [0, 0.1) is 0 Å². The molecule has 0 spiro atoms. The van der Waals surface area contributed by atoms with E-state index in [1.54, 1.807) is 0 Å². The van der Waals surface area contributed by atoms with Crippen LogP contribution in [0.3, 0.4) is 0 Å². The first-order chi connectivity index (χ1) is 17.3. The Balaban J connectivity index is 1.12. The highest BCUT2D eigenvalue weighted by molar-refractivity contribution is 6.31. The van der Waals surface area contributed by atoms with Crippen LogP contribution in [0.15, 0.2) is 79.0 Å². The Kier molecular flexibility index (Phi) is 6.43. The Labute approximate surface area is 212 Å². The smallest absolute Gasteiger partial charge is 0.0737 e. The van der Waals surface area contributed by atoms with Crippen molar-refractivity contribution in [3.05, 3.63) is 106 Å². The average Bonchev–Trinajstić information content (AvgIpc) is 3.06. The second-order valence-electron chi connectivity index (χ2n) is 9.62. The van der Waals surface area contributed by atoms with Crippen LogP contribution in [0.1, 0.15) is 28.3 Å². The lowest BCUT2D eigenvalue weighted by Gasteiger charge is -2.40. The Hall–Kier alpha value is -2.92. The summed E-state index contributed by atoms with van der Waals surface area (Å²) >= 11 is 6.14. The van der Waals surface area contributed by atoms with Gasteiger partial charge < -0.3 is 5.32 Å². The minimum absolute atomic E-state index is 0.361. The molecule has 1 aliphatic heterocycles. The number of hydrogen-bond donors (Lipinski definition) is 1. The molecule has 178 valence electrons. The number of piperazine rings is 1. The molecule has 4 nitrogen and oxygen atoms in total. The summed E-state index contributed by atoms with van der Waals surface area (Å²) in [6.45, 7) is 6.30. The van der Waals surface area contributed by atoms with E-state index >= 15 is 0 Å². The van der Waals surface area contributed by atoms with Crippen molar-refractivity contribution in [2.45, 2.75) is 18.9 Å². The average molecular weight is 483 g/mol. The molecule has 2 heterocycles. The lowest BCUT2D eigenvalue weighted by molar-refractivity contribution is 0.112. The fourth-order valence-electron chi connectivity index (χ4n) is 5.76. The van der Waals surface area contributed by atoms with Crippen LogP contribution < -0.4 is 5.32 Å². The van der Waals surface area contributed by atoms with Crippen molar-refractivity contribution in [3.8, 4) is 0 Å². The van der Waals surface area contributed by atoms with Gasteiger partial charge in [0.2, 0.25) is 0 Å². The summed E-state index contributed by atoms with van der Waals surface area (Å²) in [5.41, 5.74) is 8.06. The number of nitrogens with zero attached hydrogens (tertiary/aromatic N) is 3. The van der Waals surface area contributed by atoms with Crippen molar-refractivity contribution >= 4 is 28.2 Å². The standard InChI is InChI=1S/C30H31ClN4/c31-24-11-12-27-28(13-14-32-29(27)21-24)33-15-16-34-17-19-35(20-18-34)30-25-7-3-1-5-22(25)9-10-23-6-2-4-8-26(23)30/h1-8,11-14,21,30H,9-10,15-20H2,(H,32,33). The van der Waals surface area contributed by atoms with Gasteiger partial charge in [-0.25, -0.2) is 0 Å². The molecule has 6 rings (SSSR count). The summed E-state index contributed by atoms with van der Waals surface area (Å²) in [7, 11) is 0. The van der Waals surface area contributed by atoms with Gasteiger partial charge in [-0.05, 0) is 59.4 Å². The van der Waals surface area contributed by atoms with Crippen molar-refractivity contribution in [3.63, 3.8) is 0 Å². The van der Waals surface area contributed by atoms with E-state index in [2.05, 4.69) is 74.7 Å². The third kappa shape index (κ3) is 4.66. The summed E-state index contributed by atoms with van der Waals surface area (Å²) in [6.07, 6.45) is 4.11. The second kappa shape index (κ2) is 9.98. The molecule has 5 heteroatoms. The summed E-state index contributed by atoms with van der Waals surface area (Å²) in [4.78, 5) is 9.73. The zero-order valence-electron chi connectivity index (χ0n) is 20.0. The number of fused-ring (bicyclic) bond motifs is 3. The molecule has 2 aliphatic rings. The van der Waals surface area contributed by atoms with Gasteiger partial charge >= 0.3 is 0 Å².